The van der Waals surface area contributed by atoms with E-state index in [0.29, 0.717) is 6.04 Å². The smallest absolute Gasteiger partial charge is 0.0113 e. The molecule has 20 heavy (non-hydrogen) atoms. The minimum absolute atomic E-state index is 0.709. The maximum Gasteiger partial charge on any atom is 0.0113 e. The predicted octanol–water partition coefficient (Wildman–Crippen LogP) is 4.25. The van der Waals surface area contributed by atoms with Crippen molar-refractivity contribution >= 4 is 0 Å². The van der Waals surface area contributed by atoms with Crippen LogP contribution in [0.3, 0.4) is 0 Å². The second-order valence-corrected chi connectivity index (χ2v) is 7.17. The molecule has 1 aliphatic carbocycles. The minimum Gasteiger partial charge on any atom is -0.314 e. The molecule has 2 heteroatoms. The summed E-state index contributed by atoms with van der Waals surface area (Å²) < 4.78 is 0. The van der Waals surface area contributed by atoms with Gasteiger partial charge < -0.3 is 10.6 Å². The molecule has 4 atom stereocenters. The van der Waals surface area contributed by atoms with Crippen molar-refractivity contribution in [3.8, 4) is 0 Å². The van der Waals surface area contributed by atoms with Gasteiger partial charge >= 0.3 is 0 Å². The van der Waals surface area contributed by atoms with Gasteiger partial charge in [0, 0.05) is 18.1 Å². The molecule has 0 amide bonds. The van der Waals surface area contributed by atoms with Crippen molar-refractivity contribution in [3.63, 3.8) is 0 Å². The van der Waals surface area contributed by atoms with E-state index < -0.39 is 0 Å². The molecule has 1 saturated heterocycles. The predicted molar refractivity (Wildman–Crippen MR) is 88.1 cm³/mol. The van der Waals surface area contributed by atoms with Gasteiger partial charge in [-0.2, -0.15) is 0 Å². The molecule has 2 fully saturated rings. The van der Waals surface area contributed by atoms with E-state index >= 15 is 0 Å². The number of nitrogens with one attached hydrogen (secondary N) is 2. The zero-order valence-electron chi connectivity index (χ0n) is 13.8. The van der Waals surface area contributed by atoms with Gasteiger partial charge in [0.25, 0.3) is 0 Å². The number of rotatable bonds is 8. The molecule has 2 nitrogen and oxygen atoms in total. The van der Waals surface area contributed by atoms with Gasteiger partial charge in [-0.15, -0.1) is 0 Å². The van der Waals surface area contributed by atoms with Crippen molar-refractivity contribution in [2.45, 2.75) is 103 Å². The van der Waals surface area contributed by atoms with Gasteiger partial charge in [-0.25, -0.2) is 0 Å². The number of hydrogen-bond acceptors (Lipinski definition) is 2. The highest BCUT2D eigenvalue weighted by Crippen LogP contribution is 2.32. The fourth-order valence-corrected chi connectivity index (χ4v) is 4.25. The Morgan fingerprint density at radius 2 is 1.95 bits per heavy atom. The summed E-state index contributed by atoms with van der Waals surface area (Å²) in [6, 6.07) is 2.30. The largest absolute Gasteiger partial charge is 0.314 e. The van der Waals surface area contributed by atoms with Crippen LogP contribution in [0.15, 0.2) is 0 Å². The summed E-state index contributed by atoms with van der Waals surface area (Å²) in [6.45, 7) is 5.94. The average molecular weight is 280 g/mol. The molecule has 0 aromatic carbocycles. The highest BCUT2D eigenvalue weighted by Gasteiger charge is 2.34. The Hall–Kier alpha value is -0.0800. The molecule has 1 aliphatic heterocycles. The highest BCUT2D eigenvalue weighted by atomic mass is 15.0. The topological polar surface area (TPSA) is 24.1 Å². The van der Waals surface area contributed by atoms with E-state index in [1.807, 2.05) is 0 Å². The summed E-state index contributed by atoms with van der Waals surface area (Å²) in [5.74, 6) is 0.897. The fourth-order valence-electron chi connectivity index (χ4n) is 4.25. The Morgan fingerprint density at radius 1 is 1.05 bits per heavy atom. The quantitative estimate of drug-likeness (QED) is 0.650. The highest BCUT2D eigenvalue weighted by molar-refractivity contribution is 4.93. The van der Waals surface area contributed by atoms with E-state index in [1.54, 1.807) is 0 Å². The first-order chi connectivity index (χ1) is 9.81. The molecule has 2 N–H and O–H groups in total. The lowest BCUT2D eigenvalue weighted by atomic mass is 9.88. The monoisotopic (exact) mass is 280 g/mol. The molecule has 0 aromatic heterocycles. The Bertz CT molecular complexity index is 248. The number of piperidine rings is 1. The Labute approximate surface area is 126 Å². The Kier molecular flexibility index (Phi) is 7.37. The van der Waals surface area contributed by atoms with Gasteiger partial charge in [0.1, 0.15) is 0 Å². The van der Waals surface area contributed by atoms with Crippen molar-refractivity contribution in [2.75, 3.05) is 6.54 Å². The third kappa shape index (κ3) is 5.04. The van der Waals surface area contributed by atoms with Gasteiger partial charge in [0.2, 0.25) is 0 Å². The van der Waals surface area contributed by atoms with Gasteiger partial charge in [-0.3, -0.25) is 0 Å². The average Bonchev–Trinajstić information content (AvgIpc) is 2.92. The third-order valence-electron chi connectivity index (χ3n) is 5.42. The van der Waals surface area contributed by atoms with Crippen LogP contribution < -0.4 is 10.6 Å². The van der Waals surface area contributed by atoms with Crippen LogP contribution in [0.5, 0.6) is 0 Å². The molecule has 118 valence electrons. The molecule has 0 bridgehead atoms. The summed E-state index contributed by atoms with van der Waals surface area (Å²) in [5.41, 5.74) is 0. The van der Waals surface area contributed by atoms with Crippen LogP contribution in [0.25, 0.3) is 0 Å². The standard InChI is InChI=1S/C18H36N2/c1-3-4-5-6-10-15(2)20-18-13-9-11-16(18)17-12-7-8-14-19-17/h15-20H,3-14H2,1-2H3. The van der Waals surface area contributed by atoms with Crippen molar-refractivity contribution in [1.82, 2.24) is 10.6 Å². The van der Waals surface area contributed by atoms with Crippen molar-refractivity contribution < 1.29 is 0 Å². The second kappa shape index (κ2) is 9.04. The zero-order valence-corrected chi connectivity index (χ0v) is 13.8. The number of unbranched alkanes of at least 4 members (excludes halogenated alkanes) is 3. The zero-order chi connectivity index (χ0) is 14.2. The van der Waals surface area contributed by atoms with E-state index in [2.05, 4.69) is 24.5 Å². The SMILES string of the molecule is CCCCCCC(C)NC1CCCC1C1CCCCN1. The summed E-state index contributed by atoms with van der Waals surface area (Å²) in [4.78, 5) is 0. The fraction of sp³-hybridized carbons (Fsp3) is 1.00. The molecule has 1 saturated carbocycles. The summed E-state index contributed by atoms with van der Waals surface area (Å²) in [6.07, 6.45) is 15.5. The molecule has 1 heterocycles. The van der Waals surface area contributed by atoms with Crippen LogP contribution in [0.2, 0.25) is 0 Å². The van der Waals surface area contributed by atoms with Gasteiger partial charge in [-0.05, 0) is 51.5 Å². The second-order valence-electron chi connectivity index (χ2n) is 7.17. The Morgan fingerprint density at radius 3 is 2.70 bits per heavy atom. The Balaban J connectivity index is 1.70. The first-order valence-corrected chi connectivity index (χ1v) is 9.30. The molecule has 2 rings (SSSR count). The minimum atomic E-state index is 0.709. The van der Waals surface area contributed by atoms with Crippen LogP contribution in [0.1, 0.15) is 84.5 Å². The molecule has 0 spiro atoms. The van der Waals surface area contributed by atoms with Gasteiger partial charge in [0.15, 0.2) is 0 Å². The lowest BCUT2D eigenvalue weighted by Gasteiger charge is -2.34. The molecule has 0 aromatic rings. The van der Waals surface area contributed by atoms with Crippen molar-refractivity contribution in [2.24, 2.45) is 5.92 Å². The van der Waals surface area contributed by atoms with Crippen LogP contribution in [0, 0.1) is 5.92 Å². The maximum absolute atomic E-state index is 3.96. The lowest BCUT2D eigenvalue weighted by molar-refractivity contribution is 0.245. The van der Waals surface area contributed by atoms with E-state index in [4.69, 9.17) is 0 Å². The summed E-state index contributed by atoms with van der Waals surface area (Å²) >= 11 is 0. The van der Waals surface area contributed by atoms with Crippen LogP contribution in [0.4, 0.5) is 0 Å². The normalized spacial score (nSPS) is 32.4. The van der Waals surface area contributed by atoms with Gasteiger partial charge in [-0.1, -0.05) is 45.4 Å². The molecule has 4 unspecified atom stereocenters. The van der Waals surface area contributed by atoms with Crippen molar-refractivity contribution in [3.05, 3.63) is 0 Å². The first kappa shape index (κ1) is 16.3. The summed E-state index contributed by atoms with van der Waals surface area (Å²) in [7, 11) is 0. The first-order valence-electron chi connectivity index (χ1n) is 9.30. The molecular formula is C18H36N2. The van der Waals surface area contributed by atoms with Crippen molar-refractivity contribution in [1.29, 1.82) is 0 Å². The molecule has 0 radical (unpaired) electrons. The molecule has 2 aliphatic rings. The van der Waals surface area contributed by atoms with E-state index in [9.17, 15) is 0 Å². The lowest BCUT2D eigenvalue weighted by Crippen LogP contribution is -2.48. The number of hydrogen-bond donors (Lipinski definition) is 2. The molecular weight excluding hydrogens is 244 g/mol. The van der Waals surface area contributed by atoms with E-state index in [-0.39, 0.29) is 0 Å². The van der Waals surface area contributed by atoms with E-state index in [0.717, 1.165) is 18.0 Å². The summed E-state index contributed by atoms with van der Waals surface area (Å²) in [5, 5.41) is 7.75. The van der Waals surface area contributed by atoms with Crippen LogP contribution in [-0.4, -0.2) is 24.7 Å². The third-order valence-corrected chi connectivity index (χ3v) is 5.42. The van der Waals surface area contributed by atoms with Crippen LogP contribution >= 0.6 is 0 Å². The maximum atomic E-state index is 3.96. The van der Waals surface area contributed by atoms with Gasteiger partial charge in [0.05, 0.1) is 0 Å². The van der Waals surface area contributed by atoms with E-state index in [1.165, 1.54) is 77.2 Å². The van der Waals surface area contributed by atoms with Crippen LogP contribution in [-0.2, 0) is 0 Å².